The first-order valence-electron chi connectivity index (χ1n) is 11.2. The normalized spacial score (nSPS) is 13.0. The Balaban J connectivity index is 1.63. The topological polar surface area (TPSA) is 98.8 Å². The van der Waals surface area contributed by atoms with Gasteiger partial charge in [-0.2, -0.15) is 0 Å². The molecule has 0 aliphatic carbocycles. The number of carbonyl (C=O) groups is 2. The van der Waals surface area contributed by atoms with E-state index in [9.17, 15) is 18.0 Å². The molecular weight excluding hydrogens is 464 g/mol. The fourth-order valence-corrected chi connectivity index (χ4v) is 4.68. The average Bonchev–Trinajstić information content (AvgIpc) is 2.94. The molecule has 0 saturated carbocycles. The Morgan fingerprint density at radius 2 is 1.51 bits per heavy atom. The van der Waals surface area contributed by atoms with Crippen molar-refractivity contribution in [2.75, 3.05) is 41.8 Å². The van der Waals surface area contributed by atoms with Crippen molar-refractivity contribution in [2.24, 2.45) is 0 Å². The van der Waals surface area contributed by atoms with Crippen molar-refractivity contribution in [3.05, 3.63) is 83.4 Å². The minimum absolute atomic E-state index is 0.0527. The molecule has 2 amide bonds. The number of rotatable bonds is 6. The quantitative estimate of drug-likeness (QED) is 0.548. The van der Waals surface area contributed by atoms with E-state index in [1.54, 1.807) is 17.0 Å². The highest BCUT2D eigenvalue weighted by molar-refractivity contribution is 7.92. The third-order valence-electron chi connectivity index (χ3n) is 5.63. The van der Waals surface area contributed by atoms with E-state index in [0.29, 0.717) is 16.9 Å². The lowest BCUT2D eigenvalue weighted by Crippen LogP contribution is -2.35. The molecule has 1 aliphatic rings. The molecule has 0 unspecified atom stereocenters. The molecule has 8 nitrogen and oxygen atoms in total. The van der Waals surface area contributed by atoms with Crippen molar-refractivity contribution in [1.82, 2.24) is 4.90 Å². The molecule has 0 aromatic heterocycles. The summed E-state index contributed by atoms with van der Waals surface area (Å²) in [6.07, 6.45) is 2.66. The van der Waals surface area contributed by atoms with Gasteiger partial charge in [0.15, 0.2) is 0 Å². The van der Waals surface area contributed by atoms with Crippen LogP contribution in [-0.4, -0.2) is 52.0 Å². The lowest BCUT2D eigenvalue weighted by atomic mass is 10.0. The molecule has 1 aliphatic heterocycles. The van der Waals surface area contributed by atoms with Crippen LogP contribution in [0.3, 0.4) is 0 Å². The second-order valence-corrected chi connectivity index (χ2v) is 10.6. The molecular formula is C26H28N4O4S. The first-order chi connectivity index (χ1) is 16.6. The number of aryl methyl sites for hydroxylation is 2. The number of hydrogen-bond acceptors (Lipinski definition) is 5. The van der Waals surface area contributed by atoms with E-state index in [4.69, 9.17) is 0 Å². The van der Waals surface area contributed by atoms with Gasteiger partial charge in [-0.3, -0.25) is 19.2 Å². The summed E-state index contributed by atoms with van der Waals surface area (Å²) in [6.45, 7) is 0.248. The molecule has 0 saturated heterocycles. The van der Waals surface area contributed by atoms with Gasteiger partial charge in [0.2, 0.25) is 15.9 Å². The number of amides is 2. The standard InChI is InChI=1S/C26H28N4O4S/c1-29(2)17-25(31)30-23-7-5-4-6-18(23)8-9-19-10-15-22(16-24(19)30)27-26(32)20-11-13-21(14-12-20)28-35(3,33)34/h4-7,10-16,28H,8-9,17H2,1-3H3,(H,27,32). The molecule has 0 atom stereocenters. The summed E-state index contributed by atoms with van der Waals surface area (Å²) < 4.78 is 25.2. The van der Waals surface area contributed by atoms with E-state index < -0.39 is 10.0 Å². The fourth-order valence-electron chi connectivity index (χ4n) is 4.12. The van der Waals surface area contributed by atoms with E-state index in [2.05, 4.69) is 10.0 Å². The Bertz CT molecular complexity index is 1370. The molecule has 182 valence electrons. The van der Waals surface area contributed by atoms with Crippen LogP contribution in [0.5, 0.6) is 0 Å². The minimum Gasteiger partial charge on any atom is -0.322 e. The number of anilines is 4. The summed E-state index contributed by atoms with van der Waals surface area (Å²) in [5, 5.41) is 2.89. The van der Waals surface area contributed by atoms with Crippen LogP contribution in [0.25, 0.3) is 0 Å². The number of fused-ring (bicyclic) bond motifs is 2. The van der Waals surface area contributed by atoms with Crippen molar-refractivity contribution in [3.8, 4) is 0 Å². The van der Waals surface area contributed by atoms with Gasteiger partial charge in [0, 0.05) is 16.9 Å². The molecule has 0 spiro atoms. The average molecular weight is 493 g/mol. The predicted molar refractivity (Wildman–Crippen MR) is 139 cm³/mol. The molecule has 0 bridgehead atoms. The maximum atomic E-state index is 13.3. The smallest absolute Gasteiger partial charge is 0.255 e. The highest BCUT2D eigenvalue weighted by Crippen LogP contribution is 2.37. The Hall–Kier alpha value is -3.69. The Labute approximate surface area is 205 Å². The van der Waals surface area contributed by atoms with E-state index in [-0.39, 0.29) is 18.4 Å². The van der Waals surface area contributed by atoms with Crippen molar-refractivity contribution in [1.29, 1.82) is 0 Å². The van der Waals surface area contributed by atoms with Crippen LogP contribution in [0.2, 0.25) is 0 Å². The van der Waals surface area contributed by atoms with Crippen LogP contribution in [0.15, 0.2) is 66.7 Å². The number of nitrogens with one attached hydrogen (secondary N) is 2. The van der Waals surface area contributed by atoms with Crippen LogP contribution in [0.4, 0.5) is 22.7 Å². The number of nitrogens with zero attached hydrogens (tertiary/aromatic N) is 2. The van der Waals surface area contributed by atoms with Gasteiger partial charge in [0.1, 0.15) is 0 Å². The predicted octanol–water partition coefficient (Wildman–Crippen LogP) is 3.64. The SMILES string of the molecule is CN(C)CC(=O)N1c2ccccc2CCc2ccc(NC(=O)c3ccc(NS(C)(=O)=O)cc3)cc21. The molecule has 3 aromatic rings. The summed E-state index contributed by atoms with van der Waals surface area (Å²) in [6, 6.07) is 19.7. The molecule has 1 heterocycles. The van der Waals surface area contributed by atoms with Crippen molar-refractivity contribution in [3.63, 3.8) is 0 Å². The van der Waals surface area contributed by atoms with Gasteiger partial charge in [-0.25, -0.2) is 8.42 Å². The van der Waals surface area contributed by atoms with E-state index in [0.717, 1.165) is 41.6 Å². The lowest BCUT2D eigenvalue weighted by molar-refractivity contribution is -0.118. The summed E-state index contributed by atoms with van der Waals surface area (Å²) in [5.74, 6) is -0.390. The van der Waals surface area contributed by atoms with Gasteiger partial charge in [0.25, 0.3) is 5.91 Å². The Kier molecular flexibility index (Phi) is 6.90. The third kappa shape index (κ3) is 5.87. The second-order valence-electron chi connectivity index (χ2n) is 8.84. The number of hydrogen-bond donors (Lipinski definition) is 2. The monoisotopic (exact) mass is 492 g/mol. The molecule has 0 fully saturated rings. The van der Waals surface area contributed by atoms with Crippen LogP contribution in [-0.2, 0) is 27.7 Å². The third-order valence-corrected chi connectivity index (χ3v) is 6.24. The lowest BCUT2D eigenvalue weighted by Gasteiger charge is -2.27. The Morgan fingerprint density at radius 1 is 0.886 bits per heavy atom. The number of sulfonamides is 1. The minimum atomic E-state index is -3.40. The zero-order valence-electron chi connectivity index (χ0n) is 19.9. The van der Waals surface area contributed by atoms with E-state index in [1.165, 1.54) is 12.1 Å². The number of benzene rings is 3. The van der Waals surface area contributed by atoms with Crippen molar-refractivity contribution < 1.29 is 18.0 Å². The van der Waals surface area contributed by atoms with Gasteiger partial charge in [-0.05, 0) is 80.5 Å². The summed E-state index contributed by atoms with van der Waals surface area (Å²) in [5.41, 5.74) is 5.07. The maximum absolute atomic E-state index is 13.3. The number of carbonyl (C=O) groups excluding carboxylic acids is 2. The van der Waals surface area contributed by atoms with Gasteiger partial charge in [-0.1, -0.05) is 24.3 Å². The highest BCUT2D eigenvalue weighted by Gasteiger charge is 2.26. The fraction of sp³-hybridized carbons (Fsp3) is 0.231. The Morgan fingerprint density at radius 3 is 2.17 bits per heavy atom. The van der Waals surface area contributed by atoms with Gasteiger partial charge >= 0.3 is 0 Å². The first-order valence-corrected chi connectivity index (χ1v) is 13.1. The van der Waals surface area contributed by atoms with Crippen LogP contribution < -0.4 is 14.9 Å². The van der Waals surface area contributed by atoms with Crippen molar-refractivity contribution >= 4 is 44.6 Å². The van der Waals surface area contributed by atoms with Crippen LogP contribution in [0.1, 0.15) is 21.5 Å². The number of para-hydroxylation sites is 1. The summed E-state index contributed by atoms with van der Waals surface area (Å²) >= 11 is 0. The molecule has 9 heteroatoms. The zero-order chi connectivity index (χ0) is 25.2. The molecule has 0 radical (unpaired) electrons. The van der Waals surface area contributed by atoms with Crippen LogP contribution in [0, 0.1) is 0 Å². The largest absolute Gasteiger partial charge is 0.322 e. The van der Waals surface area contributed by atoms with Crippen molar-refractivity contribution in [2.45, 2.75) is 12.8 Å². The van der Waals surface area contributed by atoms with Gasteiger partial charge in [0.05, 0.1) is 24.2 Å². The van der Waals surface area contributed by atoms with E-state index >= 15 is 0 Å². The summed E-state index contributed by atoms with van der Waals surface area (Å²) in [4.78, 5) is 29.8. The molecule has 2 N–H and O–H groups in total. The van der Waals surface area contributed by atoms with E-state index in [1.807, 2.05) is 61.5 Å². The molecule has 3 aromatic carbocycles. The van der Waals surface area contributed by atoms with Gasteiger partial charge in [-0.15, -0.1) is 0 Å². The number of likely N-dealkylation sites (N-methyl/N-ethyl adjacent to an activating group) is 1. The molecule has 35 heavy (non-hydrogen) atoms. The summed E-state index contributed by atoms with van der Waals surface area (Å²) in [7, 11) is 0.316. The van der Waals surface area contributed by atoms with Gasteiger partial charge < -0.3 is 10.2 Å². The molecule has 4 rings (SSSR count). The second kappa shape index (κ2) is 9.89. The maximum Gasteiger partial charge on any atom is 0.255 e. The first kappa shape index (κ1) is 24.4. The highest BCUT2D eigenvalue weighted by atomic mass is 32.2. The van der Waals surface area contributed by atoms with Crippen LogP contribution >= 0.6 is 0 Å². The zero-order valence-corrected chi connectivity index (χ0v) is 20.7.